The van der Waals surface area contributed by atoms with Crippen molar-refractivity contribution in [1.29, 1.82) is 0 Å². The zero-order valence-electron chi connectivity index (χ0n) is 12.8. The molecule has 0 radical (unpaired) electrons. The molecule has 2 aromatic rings. The lowest BCUT2D eigenvalue weighted by atomic mass is 10.1. The SMILES string of the molecule is Cc1ccccc1OCCC(=O)N[C@H](C)c1ccc(Br)cc1. The molecule has 0 aliphatic heterocycles. The second kappa shape index (κ2) is 7.99. The van der Waals surface area contributed by atoms with Gasteiger partial charge in [0, 0.05) is 4.47 Å². The molecule has 1 N–H and O–H groups in total. The van der Waals surface area contributed by atoms with Gasteiger partial charge >= 0.3 is 0 Å². The summed E-state index contributed by atoms with van der Waals surface area (Å²) in [4.78, 5) is 12.0. The summed E-state index contributed by atoms with van der Waals surface area (Å²) < 4.78 is 6.67. The van der Waals surface area contributed by atoms with Crippen molar-refractivity contribution in [2.24, 2.45) is 0 Å². The lowest BCUT2D eigenvalue weighted by Crippen LogP contribution is -2.27. The van der Waals surface area contributed by atoms with Gasteiger partial charge in [-0.3, -0.25) is 4.79 Å². The van der Waals surface area contributed by atoms with Crippen LogP contribution >= 0.6 is 15.9 Å². The van der Waals surface area contributed by atoms with E-state index in [2.05, 4.69) is 21.2 Å². The summed E-state index contributed by atoms with van der Waals surface area (Å²) in [5.74, 6) is 0.820. The van der Waals surface area contributed by atoms with Crippen LogP contribution in [0.3, 0.4) is 0 Å². The number of rotatable bonds is 6. The highest BCUT2D eigenvalue weighted by Gasteiger charge is 2.09. The van der Waals surface area contributed by atoms with Crippen LogP contribution in [0.2, 0.25) is 0 Å². The average molecular weight is 362 g/mol. The molecular formula is C18H20BrNO2. The van der Waals surface area contributed by atoms with Gasteiger partial charge in [-0.15, -0.1) is 0 Å². The number of hydrogen-bond donors (Lipinski definition) is 1. The lowest BCUT2D eigenvalue weighted by molar-refractivity contribution is -0.122. The van der Waals surface area contributed by atoms with Crippen molar-refractivity contribution < 1.29 is 9.53 Å². The minimum atomic E-state index is -0.0148. The summed E-state index contributed by atoms with van der Waals surface area (Å²) in [7, 11) is 0. The van der Waals surface area contributed by atoms with Crippen LogP contribution in [0.1, 0.15) is 30.5 Å². The van der Waals surface area contributed by atoms with Gasteiger partial charge in [0.15, 0.2) is 0 Å². The zero-order chi connectivity index (χ0) is 15.9. The van der Waals surface area contributed by atoms with E-state index in [4.69, 9.17) is 4.74 Å². The van der Waals surface area contributed by atoms with E-state index in [-0.39, 0.29) is 11.9 Å². The Hall–Kier alpha value is -1.81. The van der Waals surface area contributed by atoms with Crippen LogP contribution in [0.15, 0.2) is 53.0 Å². The first-order chi connectivity index (χ1) is 10.6. The molecule has 2 aromatic carbocycles. The molecule has 0 aliphatic rings. The highest BCUT2D eigenvalue weighted by molar-refractivity contribution is 9.10. The fourth-order valence-electron chi connectivity index (χ4n) is 2.12. The molecule has 0 aromatic heterocycles. The van der Waals surface area contributed by atoms with E-state index in [0.717, 1.165) is 21.3 Å². The van der Waals surface area contributed by atoms with Crippen molar-refractivity contribution in [2.75, 3.05) is 6.61 Å². The van der Waals surface area contributed by atoms with Crippen LogP contribution in [0, 0.1) is 6.92 Å². The van der Waals surface area contributed by atoms with E-state index in [9.17, 15) is 4.79 Å². The molecule has 1 atom stereocenters. The highest BCUT2D eigenvalue weighted by atomic mass is 79.9. The zero-order valence-corrected chi connectivity index (χ0v) is 14.4. The Bertz CT molecular complexity index is 625. The third-order valence-corrected chi connectivity index (χ3v) is 3.96. The molecule has 0 unspecified atom stereocenters. The largest absolute Gasteiger partial charge is 0.493 e. The molecular weight excluding hydrogens is 342 g/mol. The maximum absolute atomic E-state index is 12.0. The number of benzene rings is 2. The number of para-hydroxylation sites is 1. The number of aryl methyl sites for hydroxylation is 1. The summed E-state index contributed by atoms with van der Waals surface area (Å²) in [6, 6.07) is 15.7. The number of carbonyl (C=O) groups excluding carboxylic acids is 1. The average Bonchev–Trinajstić information content (AvgIpc) is 2.50. The minimum absolute atomic E-state index is 0.0102. The smallest absolute Gasteiger partial charge is 0.223 e. The first kappa shape index (κ1) is 16.6. The molecule has 0 fully saturated rings. The number of halogens is 1. The molecule has 2 rings (SSSR count). The van der Waals surface area contributed by atoms with E-state index in [1.54, 1.807) is 0 Å². The summed E-state index contributed by atoms with van der Waals surface area (Å²) in [6.45, 7) is 4.35. The number of amides is 1. The van der Waals surface area contributed by atoms with Gasteiger partial charge in [-0.05, 0) is 43.2 Å². The quantitative estimate of drug-likeness (QED) is 0.827. The molecule has 1 amide bonds. The number of carbonyl (C=O) groups is 1. The molecule has 0 spiro atoms. The van der Waals surface area contributed by atoms with Crippen LogP contribution in [0.4, 0.5) is 0 Å². The molecule has 116 valence electrons. The lowest BCUT2D eigenvalue weighted by Gasteiger charge is -2.15. The Morgan fingerprint density at radius 3 is 2.55 bits per heavy atom. The maximum atomic E-state index is 12.0. The Kier molecular flexibility index (Phi) is 6.01. The first-order valence-electron chi connectivity index (χ1n) is 7.29. The van der Waals surface area contributed by atoms with Crippen molar-refractivity contribution >= 4 is 21.8 Å². The topological polar surface area (TPSA) is 38.3 Å². The number of nitrogens with one attached hydrogen (secondary N) is 1. The van der Waals surface area contributed by atoms with Crippen LogP contribution in [0.25, 0.3) is 0 Å². The van der Waals surface area contributed by atoms with E-state index < -0.39 is 0 Å². The number of hydrogen-bond acceptors (Lipinski definition) is 2. The molecule has 3 nitrogen and oxygen atoms in total. The molecule has 0 saturated carbocycles. The van der Waals surface area contributed by atoms with Crippen molar-refractivity contribution in [3.8, 4) is 5.75 Å². The van der Waals surface area contributed by atoms with Gasteiger partial charge in [0.1, 0.15) is 5.75 Å². The fraction of sp³-hybridized carbons (Fsp3) is 0.278. The predicted octanol–water partition coefficient (Wildman–Crippen LogP) is 4.40. The second-order valence-corrected chi connectivity index (χ2v) is 6.12. The fourth-order valence-corrected chi connectivity index (χ4v) is 2.38. The number of ether oxygens (including phenoxy) is 1. The van der Waals surface area contributed by atoms with Gasteiger partial charge in [-0.1, -0.05) is 46.3 Å². The van der Waals surface area contributed by atoms with Gasteiger partial charge in [0.25, 0.3) is 0 Å². The Labute approximate surface area is 139 Å². The van der Waals surface area contributed by atoms with E-state index in [1.807, 2.05) is 62.4 Å². The van der Waals surface area contributed by atoms with Crippen molar-refractivity contribution in [2.45, 2.75) is 26.3 Å². The van der Waals surface area contributed by atoms with E-state index in [0.29, 0.717) is 13.0 Å². The minimum Gasteiger partial charge on any atom is -0.493 e. The third-order valence-electron chi connectivity index (χ3n) is 3.43. The first-order valence-corrected chi connectivity index (χ1v) is 8.09. The maximum Gasteiger partial charge on any atom is 0.223 e. The summed E-state index contributed by atoms with van der Waals surface area (Å²) in [5, 5.41) is 2.98. The second-order valence-electron chi connectivity index (χ2n) is 5.20. The molecule has 0 bridgehead atoms. The van der Waals surface area contributed by atoms with Gasteiger partial charge in [-0.2, -0.15) is 0 Å². The van der Waals surface area contributed by atoms with Crippen molar-refractivity contribution in [3.63, 3.8) is 0 Å². The molecule has 0 heterocycles. The predicted molar refractivity (Wildman–Crippen MR) is 92.0 cm³/mol. The molecule has 0 aliphatic carbocycles. The van der Waals surface area contributed by atoms with Crippen LogP contribution in [0.5, 0.6) is 5.75 Å². The highest BCUT2D eigenvalue weighted by Crippen LogP contribution is 2.17. The standard InChI is InChI=1S/C18H20BrNO2/c1-13-5-3-4-6-17(13)22-12-11-18(21)20-14(2)15-7-9-16(19)10-8-15/h3-10,14H,11-12H2,1-2H3,(H,20,21)/t14-/m1/s1. The Morgan fingerprint density at radius 1 is 1.18 bits per heavy atom. The summed E-state index contributed by atoms with van der Waals surface area (Å²) >= 11 is 3.40. The summed E-state index contributed by atoms with van der Waals surface area (Å²) in [6.07, 6.45) is 0.342. The van der Waals surface area contributed by atoms with Crippen molar-refractivity contribution in [1.82, 2.24) is 5.32 Å². The van der Waals surface area contributed by atoms with Gasteiger partial charge < -0.3 is 10.1 Å². The van der Waals surface area contributed by atoms with Gasteiger partial charge in [0.2, 0.25) is 5.91 Å². The van der Waals surface area contributed by atoms with E-state index >= 15 is 0 Å². The van der Waals surface area contributed by atoms with E-state index in [1.165, 1.54) is 0 Å². The van der Waals surface area contributed by atoms with Crippen LogP contribution < -0.4 is 10.1 Å². The summed E-state index contributed by atoms with van der Waals surface area (Å²) in [5.41, 5.74) is 2.16. The molecule has 4 heteroatoms. The monoisotopic (exact) mass is 361 g/mol. The Balaban J connectivity index is 1.78. The van der Waals surface area contributed by atoms with Crippen LogP contribution in [-0.4, -0.2) is 12.5 Å². The van der Waals surface area contributed by atoms with Gasteiger partial charge in [0.05, 0.1) is 19.1 Å². The van der Waals surface area contributed by atoms with Gasteiger partial charge in [-0.25, -0.2) is 0 Å². The normalized spacial score (nSPS) is 11.8. The third kappa shape index (κ3) is 4.88. The molecule has 22 heavy (non-hydrogen) atoms. The van der Waals surface area contributed by atoms with Crippen LogP contribution in [-0.2, 0) is 4.79 Å². The van der Waals surface area contributed by atoms with Crippen molar-refractivity contribution in [3.05, 3.63) is 64.1 Å². The Morgan fingerprint density at radius 2 is 1.86 bits per heavy atom. The molecule has 0 saturated heterocycles.